The van der Waals surface area contributed by atoms with Crippen LogP contribution in [0.3, 0.4) is 0 Å². The molecule has 8 heteroatoms. The molecule has 1 rings (SSSR count). The highest BCUT2D eigenvalue weighted by Gasteiger charge is 2.31. The highest BCUT2D eigenvalue weighted by Crippen LogP contribution is 2.17. The third-order valence-corrected chi connectivity index (χ3v) is 6.02. The first-order valence-corrected chi connectivity index (χ1v) is 10.1. The molecule has 1 N–H and O–H groups in total. The quantitative estimate of drug-likeness (QED) is 0.615. The highest BCUT2D eigenvalue weighted by molar-refractivity contribution is 7.90. The Morgan fingerprint density at radius 2 is 1.75 bits per heavy atom. The van der Waals surface area contributed by atoms with Crippen molar-refractivity contribution in [2.75, 3.05) is 32.8 Å². The molecule has 24 heavy (non-hydrogen) atoms. The van der Waals surface area contributed by atoms with E-state index in [2.05, 4.69) is 9.62 Å². The lowest BCUT2D eigenvalue weighted by Crippen LogP contribution is -2.46. The van der Waals surface area contributed by atoms with E-state index in [1.807, 2.05) is 13.8 Å². The van der Waals surface area contributed by atoms with E-state index in [0.29, 0.717) is 39.1 Å². The molecule has 0 aromatic carbocycles. The lowest BCUT2D eigenvalue weighted by molar-refractivity contribution is -0.126. The maximum atomic E-state index is 12.2. The molecule has 0 aromatic heterocycles. The monoisotopic (exact) mass is 364 g/mol. The molecule has 0 bridgehead atoms. The van der Waals surface area contributed by atoms with Gasteiger partial charge in [-0.2, -0.15) is 0 Å². The summed E-state index contributed by atoms with van der Waals surface area (Å²) in [5.74, 6) is -0.751. The zero-order chi connectivity index (χ0) is 18.3. The normalized spacial score (nSPS) is 17.4. The summed E-state index contributed by atoms with van der Waals surface area (Å²) >= 11 is 0. The van der Waals surface area contributed by atoms with Gasteiger partial charge in [0.2, 0.25) is 15.9 Å². The molecule has 0 aromatic rings. The number of ether oxygens (including phenoxy) is 1. The molecule has 7 nitrogen and oxygen atoms in total. The maximum absolute atomic E-state index is 12.2. The Balaban J connectivity index is 0.00000576. The van der Waals surface area contributed by atoms with Gasteiger partial charge in [0.1, 0.15) is 6.61 Å². The second-order valence-electron chi connectivity index (χ2n) is 6.88. The fraction of sp³-hybridized carbons (Fsp3) is 0.875. The van der Waals surface area contributed by atoms with Crippen molar-refractivity contribution in [3.8, 4) is 0 Å². The van der Waals surface area contributed by atoms with Crippen molar-refractivity contribution in [2.24, 2.45) is 11.8 Å². The number of hydrogen-bond donors (Lipinski definition) is 1. The summed E-state index contributed by atoms with van der Waals surface area (Å²) in [4.78, 5) is 25.2. The van der Waals surface area contributed by atoms with Crippen molar-refractivity contribution in [3.05, 3.63) is 0 Å². The Morgan fingerprint density at radius 3 is 2.25 bits per heavy atom. The van der Waals surface area contributed by atoms with E-state index in [9.17, 15) is 18.0 Å². The van der Waals surface area contributed by atoms with Crippen molar-refractivity contribution in [3.63, 3.8) is 0 Å². The molecule has 0 spiro atoms. The van der Waals surface area contributed by atoms with Crippen LogP contribution in [-0.2, 0) is 24.3 Å². The van der Waals surface area contributed by atoms with Gasteiger partial charge in [-0.3, -0.25) is 14.3 Å². The van der Waals surface area contributed by atoms with E-state index < -0.39 is 21.2 Å². The number of carbonyl (C=O) groups excluding carboxylic acids is 2. The van der Waals surface area contributed by atoms with E-state index in [1.165, 1.54) is 0 Å². The lowest BCUT2D eigenvalue weighted by atomic mass is 10.1. The molecule has 1 aliphatic heterocycles. The van der Waals surface area contributed by atoms with Crippen LogP contribution in [0, 0.1) is 11.8 Å². The van der Waals surface area contributed by atoms with Gasteiger partial charge in [-0.05, 0) is 25.9 Å². The van der Waals surface area contributed by atoms with Crippen molar-refractivity contribution in [1.29, 1.82) is 0 Å². The number of hydrogen-bond acceptors (Lipinski definition) is 6. The molecular weight excluding hydrogens is 332 g/mol. The fourth-order valence-electron chi connectivity index (χ4n) is 2.32. The summed E-state index contributed by atoms with van der Waals surface area (Å²) < 4.78 is 31.9. The number of Topliss-reactive ketones (excluding diaryl/α,β-unsaturated/α-hetero) is 1. The molecule has 0 aliphatic carbocycles. The number of nitrogens with one attached hydrogen (secondary N) is 1. The molecular formula is C16H32N2O5S. The minimum atomic E-state index is -3.60. The van der Waals surface area contributed by atoms with Crippen molar-refractivity contribution in [1.82, 2.24) is 9.62 Å². The Labute approximate surface area is 146 Å². The molecule has 0 radical (unpaired) electrons. The predicted octanol–water partition coefficient (Wildman–Crippen LogP) is 1.04. The van der Waals surface area contributed by atoms with Crippen LogP contribution in [-0.4, -0.2) is 63.1 Å². The average Bonchev–Trinajstić information content (AvgIpc) is 2.51. The van der Waals surface area contributed by atoms with Crippen LogP contribution in [0.5, 0.6) is 0 Å². The molecule has 142 valence electrons. The van der Waals surface area contributed by atoms with Gasteiger partial charge in [-0.1, -0.05) is 27.7 Å². The van der Waals surface area contributed by atoms with Crippen molar-refractivity contribution >= 4 is 21.7 Å². The van der Waals surface area contributed by atoms with Crippen LogP contribution < -0.4 is 4.72 Å². The second kappa shape index (κ2) is 9.48. The van der Waals surface area contributed by atoms with Crippen molar-refractivity contribution < 1.29 is 24.2 Å². The van der Waals surface area contributed by atoms with Gasteiger partial charge >= 0.3 is 0 Å². The number of amides is 1. The third-order valence-electron chi connectivity index (χ3n) is 4.18. The van der Waals surface area contributed by atoms with Gasteiger partial charge in [0.05, 0.1) is 11.9 Å². The number of rotatable bonds is 9. The molecule has 0 saturated carbocycles. The van der Waals surface area contributed by atoms with E-state index in [4.69, 9.17) is 4.74 Å². The summed E-state index contributed by atoms with van der Waals surface area (Å²) in [5.41, 5.74) is 0. The smallest absolute Gasteiger partial charge is 0.237 e. The highest BCUT2D eigenvalue weighted by atomic mass is 32.2. The third kappa shape index (κ3) is 6.86. The lowest BCUT2D eigenvalue weighted by Gasteiger charge is -2.31. The van der Waals surface area contributed by atoms with Gasteiger partial charge in [-0.25, -0.2) is 8.42 Å². The van der Waals surface area contributed by atoms with Gasteiger partial charge in [-0.15, -0.1) is 0 Å². The van der Waals surface area contributed by atoms with Gasteiger partial charge < -0.3 is 9.64 Å². The van der Waals surface area contributed by atoms with E-state index in [0.717, 1.165) is 0 Å². The SMILES string of the molecule is CC(C)C(=O)COCCN1CCC(S(=O)(=O)NC(=O)C(C)C)CC1.[HH]. The first-order valence-electron chi connectivity index (χ1n) is 8.51. The van der Waals surface area contributed by atoms with Crippen LogP contribution in [0.1, 0.15) is 42.0 Å². The Morgan fingerprint density at radius 1 is 1.17 bits per heavy atom. The van der Waals surface area contributed by atoms with Gasteiger partial charge in [0.15, 0.2) is 5.78 Å². The molecule has 1 saturated heterocycles. The number of piperidine rings is 1. The Hall–Kier alpha value is -0.990. The number of nitrogens with zero attached hydrogens (tertiary/aromatic N) is 1. The number of likely N-dealkylation sites (tertiary alicyclic amines) is 1. The topological polar surface area (TPSA) is 92.8 Å². The minimum Gasteiger partial charge on any atom is -0.372 e. The summed E-state index contributed by atoms with van der Waals surface area (Å²) in [6.45, 7) is 9.56. The molecule has 1 amide bonds. The number of sulfonamides is 1. The maximum Gasteiger partial charge on any atom is 0.237 e. The summed E-state index contributed by atoms with van der Waals surface area (Å²) in [6.07, 6.45) is 0.983. The van der Waals surface area contributed by atoms with E-state index >= 15 is 0 Å². The second-order valence-corrected chi connectivity index (χ2v) is 8.84. The summed E-state index contributed by atoms with van der Waals surface area (Å²) in [7, 11) is -3.60. The average molecular weight is 365 g/mol. The van der Waals surface area contributed by atoms with Crippen LogP contribution in [0.25, 0.3) is 0 Å². The standard InChI is InChI=1S/C16H30N2O5S.H2/c1-12(2)15(19)11-23-10-9-18-7-5-14(6-8-18)24(21,22)17-16(20)13(3)4;/h12-14H,5-11H2,1-4H3,(H,17,20);1H. The summed E-state index contributed by atoms with van der Waals surface area (Å²) in [5, 5.41) is -0.528. The number of carbonyl (C=O) groups is 2. The Kier molecular flexibility index (Phi) is 8.32. The van der Waals surface area contributed by atoms with Crippen LogP contribution in [0.15, 0.2) is 0 Å². The minimum absolute atomic E-state index is 0. The zero-order valence-corrected chi connectivity index (χ0v) is 15.9. The van der Waals surface area contributed by atoms with Crippen LogP contribution in [0.2, 0.25) is 0 Å². The Bertz CT molecular complexity index is 529. The number of ketones is 1. The fourth-order valence-corrected chi connectivity index (χ4v) is 3.83. The van der Waals surface area contributed by atoms with Crippen molar-refractivity contribution in [2.45, 2.75) is 45.8 Å². The van der Waals surface area contributed by atoms with E-state index in [-0.39, 0.29) is 25.7 Å². The molecule has 1 fully saturated rings. The molecule has 1 aliphatic rings. The first kappa shape index (κ1) is 21.1. The van der Waals surface area contributed by atoms with Crippen LogP contribution >= 0.6 is 0 Å². The van der Waals surface area contributed by atoms with E-state index in [1.54, 1.807) is 13.8 Å². The van der Waals surface area contributed by atoms with Gasteiger partial charge in [0.25, 0.3) is 0 Å². The predicted molar refractivity (Wildman–Crippen MR) is 94.1 cm³/mol. The van der Waals surface area contributed by atoms with Crippen LogP contribution in [0.4, 0.5) is 0 Å². The zero-order valence-electron chi connectivity index (χ0n) is 15.1. The van der Waals surface area contributed by atoms with Gasteiger partial charge in [0, 0.05) is 19.8 Å². The summed E-state index contributed by atoms with van der Waals surface area (Å²) in [6, 6.07) is 0. The largest absolute Gasteiger partial charge is 0.372 e. The first-order chi connectivity index (χ1) is 11.1. The molecule has 1 heterocycles. The molecule has 0 atom stereocenters. The molecule has 0 unspecified atom stereocenters.